The first-order valence-corrected chi connectivity index (χ1v) is 16.4. The molecule has 1 aliphatic carbocycles. The Morgan fingerprint density at radius 1 is 0.837 bits per heavy atom. The zero-order valence-electron chi connectivity index (χ0n) is 26.5. The van der Waals surface area contributed by atoms with E-state index in [2.05, 4.69) is 138 Å². The summed E-state index contributed by atoms with van der Waals surface area (Å²) in [5.41, 5.74) is 8.41. The summed E-state index contributed by atoms with van der Waals surface area (Å²) in [6.07, 6.45) is 11.5. The third-order valence-electron chi connectivity index (χ3n) is 11.0. The van der Waals surface area contributed by atoms with Gasteiger partial charge in [0.25, 0.3) is 0 Å². The summed E-state index contributed by atoms with van der Waals surface area (Å²) in [6, 6.07) is 27.6. The van der Waals surface area contributed by atoms with Gasteiger partial charge in [0, 0.05) is 34.8 Å². The van der Waals surface area contributed by atoms with Crippen molar-refractivity contribution >= 4 is 44.5 Å². The van der Waals surface area contributed by atoms with E-state index in [9.17, 15) is 0 Å². The average Bonchev–Trinajstić information content (AvgIpc) is 3.33. The first-order valence-electron chi connectivity index (χ1n) is 16.0. The van der Waals surface area contributed by atoms with Crippen molar-refractivity contribution in [3.8, 4) is 0 Å². The van der Waals surface area contributed by atoms with E-state index in [1.54, 1.807) is 0 Å². The average molecular weight is 588 g/mol. The molecular formula is C40H44ClN2+. The number of fused-ring (bicyclic) bond motifs is 6. The molecule has 1 N–H and O–H groups in total. The zero-order chi connectivity index (χ0) is 30.1. The molecular weight excluding hydrogens is 544 g/mol. The van der Waals surface area contributed by atoms with Crippen molar-refractivity contribution in [1.82, 2.24) is 0 Å². The van der Waals surface area contributed by atoms with E-state index < -0.39 is 0 Å². The zero-order valence-corrected chi connectivity index (χ0v) is 27.2. The summed E-state index contributed by atoms with van der Waals surface area (Å²) in [5.74, 6) is 0. The number of anilines is 1. The van der Waals surface area contributed by atoms with Crippen LogP contribution in [0, 0.1) is 0 Å². The Kier molecular flexibility index (Phi) is 6.87. The number of likely N-dealkylation sites (N-methyl/N-ethyl adjacent to an activating group) is 2. The van der Waals surface area contributed by atoms with Crippen LogP contribution in [0.4, 0.5) is 11.4 Å². The molecule has 2 nitrogen and oxygen atoms in total. The van der Waals surface area contributed by atoms with Gasteiger partial charge < -0.3 is 4.90 Å². The maximum atomic E-state index is 7.21. The predicted molar refractivity (Wildman–Crippen MR) is 185 cm³/mol. The SMILES string of the molecule is CN1c2ccc3ccccc3c2C(C)(C)C1C/C=C1\CCCC(/C=C/C2[NH+](C)c3ccc4ccccc4c3C2(C)C)=C1Cl. The van der Waals surface area contributed by atoms with Gasteiger partial charge in [0.1, 0.15) is 11.7 Å². The van der Waals surface area contributed by atoms with Crippen LogP contribution in [0.5, 0.6) is 0 Å². The lowest BCUT2D eigenvalue weighted by atomic mass is 9.77. The number of quaternary nitrogens is 1. The van der Waals surface area contributed by atoms with Gasteiger partial charge in [-0.1, -0.05) is 92.2 Å². The van der Waals surface area contributed by atoms with Crippen LogP contribution in [-0.4, -0.2) is 26.2 Å². The molecule has 0 spiro atoms. The maximum Gasteiger partial charge on any atom is 0.136 e. The van der Waals surface area contributed by atoms with Gasteiger partial charge >= 0.3 is 0 Å². The number of hydrogen-bond donors (Lipinski definition) is 1. The highest BCUT2D eigenvalue weighted by molar-refractivity contribution is 6.32. The molecule has 220 valence electrons. The van der Waals surface area contributed by atoms with E-state index in [1.807, 2.05) is 0 Å². The van der Waals surface area contributed by atoms with Crippen molar-refractivity contribution in [1.29, 1.82) is 0 Å². The number of allylic oxidation sites excluding steroid dienone is 4. The minimum atomic E-state index is 0.0228. The number of nitrogens with one attached hydrogen (secondary N) is 1. The predicted octanol–water partition coefficient (Wildman–Crippen LogP) is 9.14. The number of nitrogens with zero attached hydrogens (tertiary/aromatic N) is 1. The minimum absolute atomic E-state index is 0.0228. The van der Waals surface area contributed by atoms with Crippen LogP contribution in [0.15, 0.2) is 107 Å². The van der Waals surface area contributed by atoms with Crippen molar-refractivity contribution in [2.45, 2.75) is 76.3 Å². The molecule has 7 rings (SSSR count). The normalized spacial score (nSPS) is 25.3. The monoisotopic (exact) mass is 587 g/mol. The Morgan fingerprint density at radius 3 is 2.21 bits per heavy atom. The molecule has 0 bridgehead atoms. The van der Waals surface area contributed by atoms with E-state index in [0.717, 1.165) is 30.7 Å². The van der Waals surface area contributed by atoms with Crippen LogP contribution in [-0.2, 0) is 10.8 Å². The molecule has 4 aromatic carbocycles. The number of rotatable bonds is 4. The molecule has 3 unspecified atom stereocenters. The summed E-state index contributed by atoms with van der Waals surface area (Å²) in [6.45, 7) is 9.65. The summed E-state index contributed by atoms with van der Waals surface area (Å²) in [7, 11) is 4.59. The third-order valence-corrected chi connectivity index (χ3v) is 11.5. The Morgan fingerprint density at radius 2 is 1.49 bits per heavy atom. The van der Waals surface area contributed by atoms with Crippen molar-refractivity contribution in [3.05, 3.63) is 118 Å². The smallest absolute Gasteiger partial charge is 0.136 e. The topological polar surface area (TPSA) is 7.68 Å². The summed E-state index contributed by atoms with van der Waals surface area (Å²) in [5, 5.41) is 6.39. The molecule has 3 atom stereocenters. The van der Waals surface area contributed by atoms with Gasteiger partial charge in [-0.15, -0.1) is 0 Å². The van der Waals surface area contributed by atoms with Crippen LogP contribution >= 0.6 is 11.6 Å². The first-order chi connectivity index (χ1) is 20.6. The summed E-state index contributed by atoms with van der Waals surface area (Å²) < 4.78 is 0. The summed E-state index contributed by atoms with van der Waals surface area (Å²) in [4.78, 5) is 3.96. The largest absolute Gasteiger partial charge is 0.370 e. The molecule has 3 aliphatic rings. The van der Waals surface area contributed by atoms with Crippen LogP contribution in [0.2, 0.25) is 0 Å². The molecule has 0 amide bonds. The van der Waals surface area contributed by atoms with Crippen molar-refractivity contribution in [3.63, 3.8) is 0 Å². The Bertz CT molecular complexity index is 1840. The number of hydrogen-bond acceptors (Lipinski definition) is 1. The molecule has 0 fully saturated rings. The second-order valence-electron chi connectivity index (χ2n) is 14.1. The fraction of sp³-hybridized carbons (Fsp3) is 0.350. The molecule has 0 aromatic heterocycles. The second kappa shape index (κ2) is 10.4. The Hall–Kier alpha value is -3.33. The van der Waals surface area contributed by atoms with Gasteiger partial charge in [0.2, 0.25) is 0 Å². The van der Waals surface area contributed by atoms with Crippen LogP contribution in [0.1, 0.15) is 64.5 Å². The first kappa shape index (κ1) is 28.4. The molecule has 2 aliphatic heterocycles. The van der Waals surface area contributed by atoms with Gasteiger partial charge in [-0.25, -0.2) is 0 Å². The highest BCUT2D eigenvalue weighted by Gasteiger charge is 2.47. The van der Waals surface area contributed by atoms with E-state index in [0.29, 0.717) is 12.1 Å². The van der Waals surface area contributed by atoms with Crippen molar-refractivity contribution < 1.29 is 4.90 Å². The Balaban J connectivity index is 1.16. The molecule has 0 saturated heterocycles. The van der Waals surface area contributed by atoms with Gasteiger partial charge in [-0.05, 0) is 102 Å². The Labute approximate surface area is 262 Å². The standard InChI is InChI=1S/C40H43ClN2/c1-39(2)34(42(5)32-22-18-26-12-7-9-16-30(26)36(32)39)24-20-28-14-11-15-29(38(28)41)21-25-35-40(3,4)37-31-17-10-8-13-27(31)19-23-33(37)43(35)6/h7-10,12-13,16-24,34-35H,11,14-15,25H2,1-6H3/p+1/b24-20+,29-21+. The highest BCUT2D eigenvalue weighted by Crippen LogP contribution is 2.49. The van der Waals surface area contributed by atoms with Gasteiger partial charge in [-0.3, -0.25) is 4.90 Å². The maximum absolute atomic E-state index is 7.21. The van der Waals surface area contributed by atoms with Crippen molar-refractivity contribution in [2.75, 3.05) is 19.0 Å². The highest BCUT2D eigenvalue weighted by atomic mass is 35.5. The van der Waals surface area contributed by atoms with Gasteiger partial charge in [-0.2, -0.15) is 0 Å². The van der Waals surface area contributed by atoms with Crippen LogP contribution < -0.4 is 9.80 Å². The fourth-order valence-corrected chi connectivity index (χ4v) is 9.08. The van der Waals surface area contributed by atoms with Crippen molar-refractivity contribution in [2.24, 2.45) is 0 Å². The number of halogens is 1. The lowest BCUT2D eigenvalue weighted by Crippen LogP contribution is -3.07. The summed E-state index contributed by atoms with van der Waals surface area (Å²) >= 11 is 7.21. The van der Waals surface area contributed by atoms with Crippen LogP contribution in [0.3, 0.4) is 0 Å². The van der Waals surface area contributed by atoms with E-state index in [-0.39, 0.29) is 10.8 Å². The molecule has 2 heterocycles. The van der Waals surface area contributed by atoms with Crippen LogP contribution in [0.25, 0.3) is 21.5 Å². The molecule has 0 radical (unpaired) electrons. The lowest BCUT2D eigenvalue weighted by Gasteiger charge is -2.32. The van der Waals surface area contributed by atoms with Gasteiger partial charge in [0.05, 0.1) is 12.5 Å². The third kappa shape index (κ3) is 4.40. The molecule has 3 heteroatoms. The van der Waals surface area contributed by atoms with E-state index in [1.165, 1.54) is 60.1 Å². The minimum Gasteiger partial charge on any atom is -0.370 e. The van der Waals surface area contributed by atoms with Gasteiger partial charge in [0.15, 0.2) is 0 Å². The fourth-order valence-electron chi connectivity index (χ4n) is 8.76. The molecule has 4 aromatic rings. The van der Waals surface area contributed by atoms with E-state index in [4.69, 9.17) is 11.6 Å². The lowest BCUT2D eigenvalue weighted by molar-refractivity contribution is -0.828. The molecule has 0 saturated carbocycles. The second-order valence-corrected chi connectivity index (χ2v) is 14.5. The number of benzene rings is 4. The molecule has 43 heavy (non-hydrogen) atoms. The van der Waals surface area contributed by atoms with E-state index >= 15 is 0 Å². The quantitative estimate of drug-likeness (QED) is 0.250.